The Morgan fingerprint density at radius 3 is 2.60 bits per heavy atom. The molecule has 2 aromatic carbocycles. The smallest absolute Gasteiger partial charge is 0.187 e. The maximum atomic E-state index is 13.0. The minimum Gasteiger partial charge on any atom is -0.492 e. The molecule has 0 radical (unpaired) electrons. The maximum absolute atomic E-state index is 13.0. The van der Waals surface area contributed by atoms with Gasteiger partial charge >= 0.3 is 0 Å². The lowest BCUT2D eigenvalue weighted by Crippen LogP contribution is -2.15. The normalized spacial score (nSPS) is 19.6. The van der Waals surface area contributed by atoms with Gasteiger partial charge in [-0.15, -0.1) is 12.4 Å². The third-order valence-corrected chi connectivity index (χ3v) is 8.06. The van der Waals surface area contributed by atoms with Crippen molar-refractivity contribution in [2.24, 2.45) is 5.73 Å². The molecule has 0 amide bonds. The summed E-state index contributed by atoms with van der Waals surface area (Å²) in [5.74, 6) is 0.196. The number of hydrogen-bond donors (Lipinski definition) is 3. The van der Waals surface area contributed by atoms with Crippen LogP contribution in [-0.4, -0.2) is 36.4 Å². The van der Waals surface area contributed by atoms with Crippen LogP contribution in [0.25, 0.3) is 0 Å². The molecule has 25 heavy (non-hydrogen) atoms. The van der Waals surface area contributed by atoms with Crippen molar-refractivity contribution in [1.29, 1.82) is 0 Å². The molecule has 1 aliphatic rings. The van der Waals surface area contributed by atoms with Crippen molar-refractivity contribution in [3.05, 3.63) is 54.1 Å². The van der Waals surface area contributed by atoms with Gasteiger partial charge in [0.05, 0.1) is 15.5 Å². The molecule has 3 rings (SSSR count). The molecule has 0 saturated heterocycles. The molecule has 6 nitrogen and oxygen atoms in total. The van der Waals surface area contributed by atoms with Crippen LogP contribution in [0.4, 0.5) is 0 Å². The fraction of sp³-hybridized carbons (Fsp3) is 0.250. The first-order chi connectivity index (χ1) is 11.4. The van der Waals surface area contributed by atoms with Gasteiger partial charge in [0.25, 0.3) is 0 Å². The van der Waals surface area contributed by atoms with E-state index < -0.39 is 25.7 Å². The van der Waals surface area contributed by atoms with Gasteiger partial charge in [-0.05, 0) is 29.8 Å². The van der Waals surface area contributed by atoms with E-state index >= 15 is 0 Å². The molecule has 0 aromatic heterocycles. The van der Waals surface area contributed by atoms with Gasteiger partial charge in [-0.2, -0.15) is 10.6 Å². The summed E-state index contributed by atoms with van der Waals surface area (Å²) in [4.78, 5) is 0.406. The number of sulfone groups is 1. The average Bonchev–Trinajstić information content (AvgIpc) is 2.86. The van der Waals surface area contributed by atoms with Gasteiger partial charge in [-0.1, -0.05) is 24.3 Å². The molecule has 0 fully saturated rings. The van der Waals surface area contributed by atoms with Gasteiger partial charge in [-0.3, -0.25) is 9.11 Å². The Morgan fingerprint density at radius 1 is 1.16 bits per heavy atom. The molecule has 0 aliphatic carbocycles. The number of fused-ring (bicyclic) bond motifs is 1. The topological polar surface area (TPSA) is 110 Å². The van der Waals surface area contributed by atoms with Gasteiger partial charge in [0.2, 0.25) is 0 Å². The third kappa shape index (κ3) is 3.79. The Hall–Kier alpha value is -1.29. The fourth-order valence-corrected chi connectivity index (χ4v) is 7.22. The van der Waals surface area contributed by atoms with Gasteiger partial charge in [0.1, 0.15) is 17.6 Å². The monoisotopic (exact) mass is 405 g/mol. The van der Waals surface area contributed by atoms with E-state index in [0.717, 1.165) is 0 Å². The van der Waals surface area contributed by atoms with Crippen LogP contribution in [0.2, 0.25) is 0 Å². The van der Waals surface area contributed by atoms with Crippen molar-refractivity contribution >= 4 is 32.8 Å². The van der Waals surface area contributed by atoms with Crippen molar-refractivity contribution < 1.29 is 22.3 Å². The zero-order valence-corrected chi connectivity index (χ0v) is 15.7. The van der Waals surface area contributed by atoms with E-state index in [1.807, 2.05) is 0 Å². The van der Waals surface area contributed by atoms with Gasteiger partial charge in [-0.25, -0.2) is 8.42 Å². The van der Waals surface area contributed by atoms with E-state index in [9.17, 15) is 17.5 Å². The van der Waals surface area contributed by atoms with Crippen molar-refractivity contribution in [1.82, 2.24) is 0 Å². The van der Waals surface area contributed by atoms with Crippen LogP contribution in [0.3, 0.4) is 0 Å². The SMILES string of the molecule is Cl.NCCOc1cccc(S(=O)(=O)C2CS(O)(O)c3ccccc32)c1. The van der Waals surface area contributed by atoms with Gasteiger partial charge in [0, 0.05) is 6.54 Å². The Bertz CT molecular complexity index is 857. The fourth-order valence-electron chi connectivity index (χ4n) is 2.77. The molecule has 4 N–H and O–H groups in total. The minimum absolute atomic E-state index is 0. The number of rotatable bonds is 5. The summed E-state index contributed by atoms with van der Waals surface area (Å²) in [5, 5.41) is -0.983. The molecular weight excluding hydrogens is 386 g/mol. The quantitative estimate of drug-likeness (QED) is 0.705. The highest BCUT2D eigenvalue weighted by molar-refractivity contribution is 8.25. The molecule has 1 aliphatic heterocycles. The van der Waals surface area contributed by atoms with Crippen LogP contribution in [0.1, 0.15) is 10.8 Å². The van der Waals surface area contributed by atoms with E-state index in [0.29, 0.717) is 22.8 Å². The van der Waals surface area contributed by atoms with Crippen LogP contribution in [0.15, 0.2) is 58.3 Å². The van der Waals surface area contributed by atoms with E-state index in [-0.39, 0.29) is 29.7 Å². The van der Waals surface area contributed by atoms with Crippen LogP contribution in [0, 0.1) is 0 Å². The summed E-state index contributed by atoms with van der Waals surface area (Å²) in [7, 11) is -6.88. The molecule has 1 heterocycles. The Labute approximate surface area is 154 Å². The Balaban J connectivity index is 0.00000225. The van der Waals surface area contributed by atoms with Crippen LogP contribution >= 0.6 is 23.0 Å². The van der Waals surface area contributed by atoms with E-state index in [1.54, 1.807) is 36.4 Å². The lowest BCUT2D eigenvalue weighted by atomic mass is 10.2. The lowest BCUT2D eigenvalue weighted by molar-refractivity contribution is 0.327. The molecule has 0 bridgehead atoms. The molecule has 0 saturated carbocycles. The third-order valence-electron chi connectivity index (χ3n) is 3.90. The molecule has 0 spiro atoms. The van der Waals surface area contributed by atoms with Crippen molar-refractivity contribution in [2.75, 3.05) is 18.9 Å². The Morgan fingerprint density at radius 2 is 1.88 bits per heavy atom. The maximum Gasteiger partial charge on any atom is 0.187 e. The van der Waals surface area contributed by atoms with Crippen LogP contribution in [-0.2, 0) is 9.84 Å². The minimum atomic E-state index is -3.78. The number of benzene rings is 2. The summed E-state index contributed by atoms with van der Waals surface area (Å²) in [6, 6.07) is 12.7. The number of nitrogens with two attached hydrogens (primary N) is 1. The van der Waals surface area contributed by atoms with Gasteiger partial charge < -0.3 is 10.5 Å². The first kappa shape index (κ1) is 20.0. The Kier molecular flexibility index (Phi) is 6.03. The summed E-state index contributed by atoms with van der Waals surface area (Å²) in [6.07, 6.45) is 0. The predicted octanol–water partition coefficient (Wildman–Crippen LogP) is 3.08. The highest BCUT2D eigenvalue weighted by Crippen LogP contribution is 2.61. The zero-order valence-electron chi connectivity index (χ0n) is 13.2. The molecule has 1 unspecified atom stereocenters. The summed E-state index contributed by atoms with van der Waals surface area (Å²) in [6.45, 7) is 0.615. The average molecular weight is 406 g/mol. The highest BCUT2D eigenvalue weighted by Gasteiger charge is 2.42. The molecule has 138 valence electrons. The van der Waals surface area contributed by atoms with Crippen molar-refractivity contribution in [3.63, 3.8) is 0 Å². The van der Waals surface area contributed by atoms with Gasteiger partial charge in [0.15, 0.2) is 9.84 Å². The number of ether oxygens (including phenoxy) is 1. The number of halogens is 1. The lowest BCUT2D eigenvalue weighted by Gasteiger charge is -2.27. The zero-order chi connectivity index (χ0) is 17.4. The summed E-state index contributed by atoms with van der Waals surface area (Å²) < 4.78 is 51.9. The second-order valence-corrected chi connectivity index (χ2v) is 9.75. The molecule has 1 atom stereocenters. The first-order valence-electron chi connectivity index (χ1n) is 7.38. The standard InChI is InChI=1S/C16H19NO5S2.ClH/c17-8-9-22-12-4-3-5-13(10-12)24(20,21)16-11-23(18,19)15-7-2-1-6-14(15)16;/h1-7,10,16,18-19H,8-9,11,17H2;1H. The van der Waals surface area contributed by atoms with Crippen LogP contribution < -0.4 is 10.5 Å². The summed E-state index contributed by atoms with van der Waals surface area (Å²) >= 11 is 0. The molecule has 2 aromatic rings. The summed E-state index contributed by atoms with van der Waals surface area (Å²) in [5.41, 5.74) is 5.84. The second kappa shape index (κ2) is 7.53. The predicted molar refractivity (Wildman–Crippen MR) is 101 cm³/mol. The second-order valence-electron chi connectivity index (χ2n) is 5.52. The van der Waals surface area contributed by atoms with E-state index in [4.69, 9.17) is 10.5 Å². The van der Waals surface area contributed by atoms with E-state index in [2.05, 4.69) is 0 Å². The number of hydrogen-bond acceptors (Lipinski definition) is 6. The molecular formula is C16H20ClNO5S2. The van der Waals surface area contributed by atoms with Crippen molar-refractivity contribution in [3.8, 4) is 5.75 Å². The van der Waals surface area contributed by atoms with Crippen LogP contribution in [0.5, 0.6) is 5.75 Å². The van der Waals surface area contributed by atoms with E-state index in [1.165, 1.54) is 12.1 Å². The van der Waals surface area contributed by atoms with Crippen molar-refractivity contribution in [2.45, 2.75) is 15.0 Å². The largest absolute Gasteiger partial charge is 0.492 e. The first-order valence-corrected chi connectivity index (χ1v) is 10.6. The molecule has 9 heteroatoms. The highest BCUT2D eigenvalue weighted by atomic mass is 35.5.